The Kier molecular flexibility index (Phi) is 4.58. The van der Waals surface area contributed by atoms with Gasteiger partial charge in [-0.05, 0) is 43.0 Å². The van der Waals surface area contributed by atoms with Crippen LogP contribution in [-0.2, 0) is 5.41 Å². The molecule has 0 unspecified atom stereocenters. The zero-order chi connectivity index (χ0) is 20.8. The van der Waals surface area contributed by atoms with Gasteiger partial charge in [0, 0.05) is 16.6 Å². The molecule has 0 aliphatic carbocycles. The molecule has 2 aromatic heterocycles. The largest absolute Gasteiger partial charge is 0.279 e. The van der Waals surface area contributed by atoms with Crippen LogP contribution in [0.1, 0.15) is 48.1 Å². The summed E-state index contributed by atoms with van der Waals surface area (Å²) in [5.74, 6) is -0.137. The molecule has 146 valence electrons. The number of carbonyl (C=O) groups is 1. The molecular weight excluding hydrogens is 358 g/mol. The number of nitrogens with zero attached hydrogens (tertiary/aromatic N) is 3. The number of fused-ring (bicyclic) bond motifs is 1. The number of pyridine rings is 1. The first-order chi connectivity index (χ1) is 13.7. The third-order valence-corrected chi connectivity index (χ3v) is 5.20. The Labute approximate surface area is 171 Å². The number of hydrogen-bond donors (Lipinski definition) is 0. The van der Waals surface area contributed by atoms with E-state index in [1.165, 1.54) is 10.2 Å². The summed E-state index contributed by atoms with van der Waals surface area (Å²) in [4.78, 5) is 18.2. The molecule has 0 N–H and O–H groups in total. The fourth-order valence-electron chi connectivity index (χ4n) is 3.59. The number of rotatable bonds is 2. The Hall–Kier alpha value is -3.27. The second kappa shape index (κ2) is 6.96. The highest BCUT2D eigenvalue weighted by atomic mass is 16.2. The van der Waals surface area contributed by atoms with Crippen molar-refractivity contribution < 1.29 is 4.79 Å². The summed E-state index contributed by atoms with van der Waals surface area (Å²) < 4.78 is 1.48. The van der Waals surface area contributed by atoms with E-state index < -0.39 is 0 Å². The minimum atomic E-state index is -0.137. The molecule has 0 amide bonds. The molecule has 0 aliphatic heterocycles. The molecule has 0 fully saturated rings. The number of aryl methyl sites for hydroxylation is 2. The van der Waals surface area contributed by atoms with Gasteiger partial charge in [0.05, 0.1) is 22.5 Å². The first-order valence-corrected chi connectivity index (χ1v) is 9.83. The maximum Gasteiger partial charge on any atom is 0.279 e. The van der Waals surface area contributed by atoms with E-state index in [9.17, 15) is 4.79 Å². The smallest absolute Gasteiger partial charge is 0.267 e. The minimum Gasteiger partial charge on any atom is -0.267 e. The summed E-state index contributed by atoms with van der Waals surface area (Å²) in [6.45, 7) is 10.4. The third-order valence-electron chi connectivity index (χ3n) is 5.20. The number of para-hydroxylation sites is 1. The Morgan fingerprint density at radius 2 is 1.62 bits per heavy atom. The van der Waals surface area contributed by atoms with Crippen LogP contribution >= 0.6 is 0 Å². The van der Waals surface area contributed by atoms with Crippen LogP contribution in [0.4, 0.5) is 0 Å². The van der Waals surface area contributed by atoms with E-state index in [0.29, 0.717) is 5.56 Å². The molecule has 4 nitrogen and oxygen atoms in total. The fourth-order valence-corrected chi connectivity index (χ4v) is 3.59. The van der Waals surface area contributed by atoms with Gasteiger partial charge in [0.25, 0.3) is 5.91 Å². The summed E-state index contributed by atoms with van der Waals surface area (Å²) in [5, 5.41) is 5.21. The van der Waals surface area contributed by atoms with Crippen molar-refractivity contribution in [3.63, 3.8) is 0 Å². The molecule has 4 aromatic rings. The standard InChI is InChI=1S/C25H25N3O/c1-16-14-17(2)28(27-16)24(29)21-15-23(26-22-9-7-6-8-20(21)22)18-10-12-19(13-11-18)25(3,4)5/h6-15H,1-5H3. The first-order valence-electron chi connectivity index (χ1n) is 9.83. The van der Waals surface area contributed by atoms with Crippen LogP contribution in [0.2, 0.25) is 0 Å². The lowest BCUT2D eigenvalue weighted by atomic mass is 9.86. The van der Waals surface area contributed by atoms with E-state index in [0.717, 1.165) is 33.5 Å². The van der Waals surface area contributed by atoms with Crippen LogP contribution in [-0.4, -0.2) is 20.7 Å². The van der Waals surface area contributed by atoms with Crippen molar-refractivity contribution in [1.82, 2.24) is 14.8 Å². The number of carbonyl (C=O) groups excluding carboxylic acids is 1. The van der Waals surface area contributed by atoms with E-state index in [1.807, 2.05) is 50.2 Å². The maximum absolute atomic E-state index is 13.3. The molecule has 0 bridgehead atoms. The van der Waals surface area contributed by atoms with Crippen molar-refractivity contribution in [3.8, 4) is 11.3 Å². The van der Waals surface area contributed by atoms with E-state index in [1.54, 1.807) is 0 Å². The molecule has 29 heavy (non-hydrogen) atoms. The molecule has 0 aliphatic rings. The molecule has 4 heteroatoms. The first kappa shape index (κ1) is 19.1. The predicted octanol–water partition coefficient (Wildman–Crippen LogP) is 5.70. The highest BCUT2D eigenvalue weighted by Crippen LogP contribution is 2.28. The lowest BCUT2D eigenvalue weighted by Gasteiger charge is -2.19. The van der Waals surface area contributed by atoms with Crippen LogP contribution in [0.3, 0.4) is 0 Å². The van der Waals surface area contributed by atoms with Crippen LogP contribution in [0.25, 0.3) is 22.2 Å². The van der Waals surface area contributed by atoms with Gasteiger partial charge in [-0.25, -0.2) is 9.67 Å². The second-order valence-corrected chi connectivity index (χ2v) is 8.54. The van der Waals surface area contributed by atoms with Crippen LogP contribution in [0.15, 0.2) is 60.7 Å². The summed E-state index contributed by atoms with van der Waals surface area (Å²) in [6.07, 6.45) is 0. The van der Waals surface area contributed by atoms with Gasteiger partial charge in [-0.15, -0.1) is 0 Å². The quantitative estimate of drug-likeness (QED) is 0.446. The monoisotopic (exact) mass is 383 g/mol. The van der Waals surface area contributed by atoms with E-state index in [4.69, 9.17) is 4.98 Å². The maximum atomic E-state index is 13.3. The Bertz CT molecular complexity index is 1210. The van der Waals surface area contributed by atoms with E-state index >= 15 is 0 Å². The van der Waals surface area contributed by atoms with Crippen molar-refractivity contribution in [2.75, 3.05) is 0 Å². The Morgan fingerprint density at radius 1 is 0.931 bits per heavy atom. The molecule has 2 heterocycles. The second-order valence-electron chi connectivity index (χ2n) is 8.54. The number of aromatic nitrogens is 3. The molecule has 0 saturated heterocycles. The van der Waals surface area contributed by atoms with Gasteiger partial charge < -0.3 is 0 Å². The summed E-state index contributed by atoms with van der Waals surface area (Å²) >= 11 is 0. The van der Waals surface area contributed by atoms with Crippen molar-refractivity contribution in [2.45, 2.75) is 40.0 Å². The molecule has 0 atom stereocenters. The fraction of sp³-hybridized carbons (Fsp3) is 0.240. The molecule has 0 spiro atoms. The molecular formula is C25H25N3O. The van der Waals surface area contributed by atoms with Crippen molar-refractivity contribution in [3.05, 3.63) is 83.2 Å². The summed E-state index contributed by atoms with van der Waals surface area (Å²) in [5.41, 5.74) is 6.19. The van der Waals surface area contributed by atoms with Gasteiger partial charge in [0.2, 0.25) is 0 Å². The summed E-state index contributed by atoms with van der Waals surface area (Å²) in [7, 11) is 0. The zero-order valence-corrected chi connectivity index (χ0v) is 17.5. The van der Waals surface area contributed by atoms with Crippen LogP contribution < -0.4 is 0 Å². The van der Waals surface area contributed by atoms with Crippen molar-refractivity contribution in [2.24, 2.45) is 0 Å². The molecule has 2 aromatic carbocycles. The van der Waals surface area contributed by atoms with Gasteiger partial charge in [-0.1, -0.05) is 63.2 Å². The van der Waals surface area contributed by atoms with E-state index in [-0.39, 0.29) is 11.3 Å². The lowest BCUT2D eigenvalue weighted by molar-refractivity contribution is 0.0944. The zero-order valence-electron chi connectivity index (χ0n) is 17.5. The highest BCUT2D eigenvalue weighted by Gasteiger charge is 2.19. The molecule has 0 saturated carbocycles. The summed E-state index contributed by atoms with van der Waals surface area (Å²) in [6, 6.07) is 20.0. The van der Waals surface area contributed by atoms with Crippen LogP contribution in [0.5, 0.6) is 0 Å². The highest BCUT2D eigenvalue weighted by molar-refractivity contribution is 6.08. The van der Waals surface area contributed by atoms with Gasteiger partial charge in [-0.2, -0.15) is 5.10 Å². The molecule has 4 rings (SSSR count). The topological polar surface area (TPSA) is 47.8 Å². The minimum absolute atomic E-state index is 0.0892. The predicted molar refractivity (Wildman–Crippen MR) is 117 cm³/mol. The Morgan fingerprint density at radius 3 is 2.24 bits per heavy atom. The third kappa shape index (κ3) is 3.58. The number of benzene rings is 2. The normalized spacial score (nSPS) is 11.8. The van der Waals surface area contributed by atoms with Gasteiger partial charge in [0.1, 0.15) is 0 Å². The van der Waals surface area contributed by atoms with Gasteiger partial charge in [0.15, 0.2) is 0 Å². The lowest BCUT2D eigenvalue weighted by Crippen LogP contribution is -2.16. The van der Waals surface area contributed by atoms with Crippen LogP contribution in [0, 0.1) is 13.8 Å². The average Bonchev–Trinajstić information content (AvgIpc) is 3.04. The number of hydrogen-bond acceptors (Lipinski definition) is 3. The molecule has 0 radical (unpaired) electrons. The average molecular weight is 383 g/mol. The van der Waals surface area contributed by atoms with E-state index in [2.05, 4.69) is 50.1 Å². The van der Waals surface area contributed by atoms with Crippen molar-refractivity contribution in [1.29, 1.82) is 0 Å². The Balaban J connectivity index is 1.87. The SMILES string of the molecule is Cc1cc(C)n(C(=O)c2cc(-c3ccc(C(C)(C)C)cc3)nc3ccccc23)n1. The van der Waals surface area contributed by atoms with Crippen molar-refractivity contribution >= 4 is 16.8 Å². The van der Waals surface area contributed by atoms with Gasteiger partial charge in [-0.3, -0.25) is 4.79 Å². The van der Waals surface area contributed by atoms with Gasteiger partial charge >= 0.3 is 0 Å².